The average molecular weight is 551 g/mol. The first-order chi connectivity index (χ1) is 19.3. The van der Waals surface area contributed by atoms with Gasteiger partial charge in [0.15, 0.2) is 11.5 Å². The quantitative estimate of drug-likeness (QED) is 0.470. The number of carbonyl (C=O) groups is 3. The van der Waals surface area contributed by atoms with E-state index in [0.717, 1.165) is 29.8 Å². The molecule has 0 unspecified atom stereocenters. The molecule has 3 heterocycles. The molecule has 0 bridgehead atoms. The molecule has 0 spiro atoms. The number of ether oxygens (including phenoxy) is 2. The second-order valence-electron chi connectivity index (χ2n) is 10.1. The summed E-state index contributed by atoms with van der Waals surface area (Å²) in [4.78, 5) is 50.2. The van der Waals surface area contributed by atoms with Crippen molar-refractivity contribution in [3.8, 4) is 11.5 Å². The molecular weight excluding hydrogens is 512 g/mol. The van der Waals surface area contributed by atoms with Crippen LogP contribution in [0.1, 0.15) is 23.6 Å². The van der Waals surface area contributed by atoms with Gasteiger partial charge >= 0.3 is 0 Å². The third kappa shape index (κ3) is 7.36. The minimum absolute atomic E-state index is 0.0190. The maximum atomic E-state index is 12.9. The van der Waals surface area contributed by atoms with Crippen molar-refractivity contribution in [2.45, 2.75) is 20.0 Å². The van der Waals surface area contributed by atoms with Gasteiger partial charge in [0.1, 0.15) is 5.82 Å². The Hall–Kier alpha value is -3.96. The zero-order valence-corrected chi connectivity index (χ0v) is 23.7. The number of benzene rings is 1. The second kappa shape index (κ2) is 13.4. The van der Waals surface area contributed by atoms with Gasteiger partial charge in [0, 0.05) is 69.7 Å². The lowest BCUT2D eigenvalue weighted by Gasteiger charge is -2.33. The summed E-state index contributed by atoms with van der Waals surface area (Å²) in [7, 11) is 5.35. The first kappa shape index (κ1) is 29.0. The van der Waals surface area contributed by atoms with E-state index in [0.29, 0.717) is 50.1 Å². The van der Waals surface area contributed by atoms with Gasteiger partial charge in [-0.15, -0.1) is 0 Å². The number of rotatable bonds is 9. The van der Waals surface area contributed by atoms with Crippen molar-refractivity contribution in [2.24, 2.45) is 0 Å². The monoisotopic (exact) mass is 550 g/mol. The standard InChI is InChI=1S/C29H38N6O5/c1-5-40-28-22(7-6-8-24(28)39-4)17-33(3)26(37)10-9-21-15-23-18-34(19-25(36)31-29(23)30-16-21)20-27(38)35-13-11-32(2)12-14-35/h6-10,15-16H,5,11-14,17-20H2,1-4H3,(H,30,31,36). The fourth-order valence-electron chi connectivity index (χ4n) is 4.77. The summed E-state index contributed by atoms with van der Waals surface area (Å²) in [6.45, 7) is 6.46. The van der Waals surface area contributed by atoms with E-state index in [1.807, 2.05) is 48.0 Å². The van der Waals surface area contributed by atoms with Crippen LogP contribution in [0.4, 0.5) is 5.82 Å². The number of hydrogen-bond acceptors (Lipinski definition) is 8. The number of piperazine rings is 1. The van der Waals surface area contributed by atoms with Crippen LogP contribution in [-0.2, 0) is 27.5 Å². The van der Waals surface area contributed by atoms with E-state index in [4.69, 9.17) is 9.47 Å². The van der Waals surface area contributed by atoms with Crippen molar-refractivity contribution < 1.29 is 23.9 Å². The maximum Gasteiger partial charge on any atom is 0.246 e. The summed E-state index contributed by atoms with van der Waals surface area (Å²) in [6.07, 6.45) is 4.81. The number of nitrogens with one attached hydrogen (secondary N) is 1. The topological polar surface area (TPSA) is 108 Å². The van der Waals surface area contributed by atoms with Gasteiger partial charge in [-0.05, 0) is 37.7 Å². The molecule has 3 amide bonds. The first-order valence-electron chi connectivity index (χ1n) is 13.5. The molecule has 1 saturated heterocycles. The van der Waals surface area contributed by atoms with Gasteiger partial charge in [-0.3, -0.25) is 19.3 Å². The van der Waals surface area contributed by atoms with E-state index in [1.165, 1.54) is 6.08 Å². The number of hydrogen-bond donors (Lipinski definition) is 1. The van der Waals surface area contributed by atoms with Gasteiger partial charge in [0.2, 0.25) is 17.7 Å². The summed E-state index contributed by atoms with van der Waals surface area (Å²) >= 11 is 0. The van der Waals surface area contributed by atoms with Crippen LogP contribution in [0.25, 0.3) is 6.08 Å². The van der Waals surface area contributed by atoms with Crippen LogP contribution in [0.5, 0.6) is 11.5 Å². The van der Waals surface area contributed by atoms with E-state index in [1.54, 1.807) is 31.3 Å². The molecule has 0 radical (unpaired) electrons. The maximum absolute atomic E-state index is 12.9. The van der Waals surface area contributed by atoms with Crippen LogP contribution in [0, 0.1) is 0 Å². The molecule has 2 aromatic rings. The Morgan fingerprint density at radius 3 is 2.67 bits per heavy atom. The predicted molar refractivity (Wildman–Crippen MR) is 152 cm³/mol. The van der Waals surface area contributed by atoms with Crippen LogP contribution in [-0.4, -0.2) is 109 Å². The summed E-state index contributed by atoms with van der Waals surface area (Å²) in [5, 5.41) is 2.83. The zero-order valence-electron chi connectivity index (χ0n) is 23.7. The lowest BCUT2D eigenvalue weighted by Crippen LogP contribution is -2.50. The van der Waals surface area contributed by atoms with Crippen molar-refractivity contribution in [2.75, 3.05) is 72.4 Å². The summed E-state index contributed by atoms with van der Waals surface area (Å²) in [5.74, 6) is 1.35. The van der Waals surface area contributed by atoms with E-state index in [-0.39, 0.29) is 30.8 Å². The third-order valence-corrected chi connectivity index (χ3v) is 6.99. The number of amides is 3. The van der Waals surface area contributed by atoms with Gasteiger partial charge in [0.25, 0.3) is 0 Å². The first-order valence-corrected chi connectivity index (χ1v) is 13.5. The number of methoxy groups -OCH3 is 1. The molecule has 2 aliphatic rings. The molecular formula is C29H38N6O5. The minimum Gasteiger partial charge on any atom is -0.493 e. The molecule has 0 aliphatic carbocycles. The molecule has 0 atom stereocenters. The fourth-order valence-corrected chi connectivity index (χ4v) is 4.77. The van der Waals surface area contributed by atoms with Gasteiger partial charge in [-0.25, -0.2) is 4.98 Å². The lowest BCUT2D eigenvalue weighted by molar-refractivity contribution is -0.134. The SMILES string of the molecule is CCOc1c(CN(C)C(=O)C=Cc2cnc3c(c2)CN(CC(=O)N2CCN(C)CC2)CC(=O)N3)cccc1OC. The van der Waals surface area contributed by atoms with Crippen molar-refractivity contribution in [1.82, 2.24) is 24.6 Å². The molecule has 214 valence electrons. The van der Waals surface area contributed by atoms with Crippen LogP contribution >= 0.6 is 0 Å². The van der Waals surface area contributed by atoms with E-state index in [2.05, 4.69) is 15.2 Å². The fraction of sp³-hybridized carbons (Fsp3) is 0.448. The molecule has 1 aromatic heterocycles. The highest BCUT2D eigenvalue weighted by Crippen LogP contribution is 2.32. The highest BCUT2D eigenvalue weighted by atomic mass is 16.5. The summed E-state index contributed by atoms with van der Waals surface area (Å²) in [6, 6.07) is 7.49. The van der Waals surface area contributed by atoms with Crippen molar-refractivity contribution in [3.05, 3.63) is 53.2 Å². The van der Waals surface area contributed by atoms with E-state index in [9.17, 15) is 14.4 Å². The minimum atomic E-state index is -0.207. The summed E-state index contributed by atoms with van der Waals surface area (Å²) < 4.78 is 11.2. The Balaban J connectivity index is 1.41. The molecule has 0 saturated carbocycles. The van der Waals surface area contributed by atoms with Crippen LogP contribution in [0.2, 0.25) is 0 Å². The molecule has 40 heavy (non-hydrogen) atoms. The number of carbonyl (C=O) groups excluding carboxylic acids is 3. The van der Waals surface area contributed by atoms with Gasteiger partial charge in [-0.2, -0.15) is 0 Å². The Morgan fingerprint density at radius 1 is 1.18 bits per heavy atom. The predicted octanol–water partition coefficient (Wildman–Crippen LogP) is 1.69. The molecule has 1 N–H and O–H groups in total. The van der Waals surface area contributed by atoms with E-state index >= 15 is 0 Å². The number of pyridine rings is 1. The second-order valence-corrected chi connectivity index (χ2v) is 10.1. The van der Waals surface area contributed by atoms with Crippen molar-refractivity contribution in [1.29, 1.82) is 0 Å². The number of para-hydroxylation sites is 1. The zero-order chi connectivity index (χ0) is 28.6. The highest BCUT2D eigenvalue weighted by Gasteiger charge is 2.25. The Kier molecular flexibility index (Phi) is 9.73. The number of aromatic nitrogens is 1. The van der Waals surface area contributed by atoms with E-state index < -0.39 is 0 Å². The number of likely N-dealkylation sites (N-methyl/N-ethyl adjacent to an activating group) is 2. The van der Waals surface area contributed by atoms with Crippen molar-refractivity contribution >= 4 is 29.6 Å². The van der Waals surface area contributed by atoms with Crippen LogP contribution < -0.4 is 14.8 Å². The molecule has 11 nitrogen and oxygen atoms in total. The van der Waals surface area contributed by atoms with Crippen LogP contribution in [0.15, 0.2) is 36.5 Å². The van der Waals surface area contributed by atoms with Crippen LogP contribution in [0.3, 0.4) is 0 Å². The number of fused-ring (bicyclic) bond motifs is 1. The number of anilines is 1. The average Bonchev–Trinajstić information content (AvgIpc) is 3.09. The summed E-state index contributed by atoms with van der Waals surface area (Å²) in [5.41, 5.74) is 2.36. The molecule has 11 heteroatoms. The number of nitrogens with zero attached hydrogens (tertiary/aromatic N) is 5. The normalized spacial score (nSPS) is 16.3. The Labute approximate surface area is 235 Å². The van der Waals surface area contributed by atoms with Gasteiger partial charge in [0.05, 0.1) is 26.8 Å². The lowest BCUT2D eigenvalue weighted by atomic mass is 10.1. The molecule has 1 fully saturated rings. The van der Waals surface area contributed by atoms with Gasteiger partial charge < -0.3 is 29.5 Å². The van der Waals surface area contributed by atoms with Gasteiger partial charge in [-0.1, -0.05) is 12.1 Å². The molecule has 2 aliphatic heterocycles. The van der Waals surface area contributed by atoms with Crippen molar-refractivity contribution in [3.63, 3.8) is 0 Å². The third-order valence-electron chi connectivity index (χ3n) is 6.99. The largest absolute Gasteiger partial charge is 0.493 e. The smallest absolute Gasteiger partial charge is 0.246 e. The Bertz CT molecular complexity index is 1260. The molecule has 1 aromatic carbocycles. The Morgan fingerprint density at radius 2 is 1.95 bits per heavy atom. The highest BCUT2D eigenvalue weighted by molar-refractivity contribution is 5.94. The molecule has 4 rings (SSSR count).